The van der Waals surface area contributed by atoms with Crippen molar-refractivity contribution in [2.75, 3.05) is 14.2 Å². The first-order valence-corrected chi connectivity index (χ1v) is 8.33. The number of nitrogens with one attached hydrogen (secondary N) is 1. The number of hydrogen-bond donors (Lipinski definition) is 2. The molecule has 1 saturated heterocycles. The van der Waals surface area contributed by atoms with E-state index >= 15 is 0 Å². The number of methoxy groups -OCH3 is 2. The van der Waals surface area contributed by atoms with Gasteiger partial charge in [-0.2, -0.15) is 5.10 Å². The highest BCUT2D eigenvalue weighted by Gasteiger charge is 2.32. The van der Waals surface area contributed by atoms with Crippen LogP contribution in [0.15, 0.2) is 26.8 Å². The average molecular weight is 416 g/mol. The Balaban J connectivity index is 2.13. The number of carboxylic acid groups (broad SMARTS) is 1. The molecule has 1 aliphatic heterocycles. The lowest BCUT2D eigenvalue weighted by Crippen LogP contribution is -2.26. The molecule has 8 nitrogen and oxygen atoms in total. The Hall–Kier alpha value is -2.07. The summed E-state index contributed by atoms with van der Waals surface area (Å²) in [7, 11) is 3.07. The number of nitrogens with zero attached hydrogens (tertiary/aromatic N) is 2. The van der Waals surface area contributed by atoms with Crippen LogP contribution in [0.1, 0.15) is 12.0 Å². The number of ether oxygens (including phenoxy) is 2. The van der Waals surface area contributed by atoms with Gasteiger partial charge in [0.05, 0.1) is 31.3 Å². The summed E-state index contributed by atoms with van der Waals surface area (Å²) in [5, 5.41) is 18.6. The van der Waals surface area contributed by atoms with Crippen molar-refractivity contribution in [2.45, 2.75) is 11.7 Å². The fourth-order valence-corrected chi connectivity index (χ4v) is 3.31. The maximum Gasteiger partial charge on any atom is 0.305 e. The molecule has 0 saturated carbocycles. The molecule has 0 radical (unpaired) electrons. The third-order valence-electron chi connectivity index (χ3n) is 2.99. The number of amidine groups is 1. The van der Waals surface area contributed by atoms with Gasteiger partial charge in [-0.15, -0.1) is 5.10 Å². The fourth-order valence-electron chi connectivity index (χ4n) is 1.87. The maximum absolute atomic E-state index is 11.6. The summed E-state index contributed by atoms with van der Waals surface area (Å²) in [6, 6.07) is 3.46. The Kier molecular flexibility index (Phi) is 6.21. The van der Waals surface area contributed by atoms with E-state index in [1.54, 1.807) is 19.2 Å². The molecule has 1 aliphatic rings. The highest BCUT2D eigenvalue weighted by atomic mass is 79.9. The molecular weight excluding hydrogens is 402 g/mol. The third-order valence-corrected chi connectivity index (χ3v) is 4.68. The number of aliphatic carboxylic acids is 1. The van der Waals surface area contributed by atoms with Gasteiger partial charge in [-0.25, -0.2) is 0 Å². The number of hydrogen-bond acceptors (Lipinski definition) is 7. The summed E-state index contributed by atoms with van der Waals surface area (Å²) in [6.45, 7) is 0. The SMILES string of the molecule is COc1cc(OC)c(/C=N\N=C2\NC(=O)[C@@H](CC(=O)O)S2)cc1Br. The van der Waals surface area contributed by atoms with E-state index < -0.39 is 11.2 Å². The lowest BCUT2D eigenvalue weighted by Gasteiger charge is -2.08. The van der Waals surface area contributed by atoms with Gasteiger partial charge in [0, 0.05) is 11.6 Å². The van der Waals surface area contributed by atoms with Crippen molar-refractivity contribution in [3.8, 4) is 11.5 Å². The zero-order chi connectivity index (χ0) is 17.7. The highest BCUT2D eigenvalue weighted by molar-refractivity contribution is 9.10. The van der Waals surface area contributed by atoms with E-state index in [2.05, 4.69) is 31.4 Å². The van der Waals surface area contributed by atoms with E-state index in [-0.39, 0.29) is 17.5 Å². The van der Waals surface area contributed by atoms with Crippen molar-refractivity contribution in [1.29, 1.82) is 0 Å². The van der Waals surface area contributed by atoms with Crippen LogP contribution in [0, 0.1) is 0 Å². The van der Waals surface area contributed by atoms with Crippen molar-refractivity contribution < 1.29 is 24.2 Å². The lowest BCUT2D eigenvalue weighted by molar-refractivity contribution is -0.138. The summed E-state index contributed by atoms with van der Waals surface area (Å²) >= 11 is 4.41. The number of thioether (sulfide) groups is 1. The van der Waals surface area contributed by atoms with Crippen LogP contribution < -0.4 is 14.8 Å². The molecule has 1 amide bonds. The standard InChI is InChI=1S/C14H14BrN3O5S/c1-22-9-4-10(23-2)8(15)3-7(9)6-16-18-14-17-13(21)11(24-14)5-12(19)20/h3-4,6,11H,5H2,1-2H3,(H,19,20)(H,17,18,21)/b16-6-/t11-/m1/s1. The van der Waals surface area contributed by atoms with Crippen LogP contribution in [0.5, 0.6) is 11.5 Å². The van der Waals surface area contributed by atoms with Crippen LogP contribution in [0.4, 0.5) is 0 Å². The van der Waals surface area contributed by atoms with Crippen LogP contribution in [-0.4, -0.2) is 47.8 Å². The molecule has 128 valence electrons. The van der Waals surface area contributed by atoms with Crippen LogP contribution in [0.2, 0.25) is 0 Å². The maximum atomic E-state index is 11.6. The molecular formula is C14H14BrN3O5S. The Bertz CT molecular complexity index is 723. The molecule has 10 heteroatoms. The number of amides is 1. The van der Waals surface area contributed by atoms with Crippen LogP contribution in [0.25, 0.3) is 0 Å². The first-order valence-electron chi connectivity index (χ1n) is 6.66. The molecule has 0 spiro atoms. The minimum absolute atomic E-state index is 0.258. The van der Waals surface area contributed by atoms with Crippen molar-refractivity contribution in [2.24, 2.45) is 10.2 Å². The van der Waals surface area contributed by atoms with Gasteiger partial charge in [0.1, 0.15) is 16.7 Å². The van der Waals surface area contributed by atoms with Gasteiger partial charge in [-0.3, -0.25) is 9.59 Å². The van der Waals surface area contributed by atoms with Gasteiger partial charge in [0.25, 0.3) is 0 Å². The Morgan fingerprint density at radius 2 is 2.12 bits per heavy atom. The van der Waals surface area contributed by atoms with Crippen molar-refractivity contribution in [3.05, 3.63) is 22.2 Å². The summed E-state index contributed by atoms with van der Waals surface area (Å²) < 4.78 is 11.2. The molecule has 1 aromatic carbocycles. The fraction of sp³-hybridized carbons (Fsp3) is 0.286. The third kappa shape index (κ3) is 4.48. The molecule has 0 aliphatic carbocycles. The van der Waals surface area contributed by atoms with E-state index in [0.717, 1.165) is 16.2 Å². The van der Waals surface area contributed by atoms with Crippen molar-refractivity contribution in [1.82, 2.24) is 5.32 Å². The highest BCUT2D eigenvalue weighted by Crippen LogP contribution is 2.32. The number of rotatable bonds is 6. The molecule has 2 N–H and O–H groups in total. The molecule has 0 bridgehead atoms. The quantitative estimate of drug-likeness (QED) is 0.541. The van der Waals surface area contributed by atoms with Gasteiger partial charge in [-0.05, 0) is 22.0 Å². The van der Waals surface area contributed by atoms with E-state index in [4.69, 9.17) is 14.6 Å². The number of benzene rings is 1. The molecule has 1 atom stereocenters. The van der Waals surface area contributed by atoms with Gasteiger partial charge in [0.15, 0.2) is 5.17 Å². The molecule has 1 heterocycles. The summed E-state index contributed by atoms with van der Waals surface area (Å²) in [4.78, 5) is 22.3. The van der Waals surface area contributed by atoms with Gasteiger partial charge >= 0.3 is 5.97 Å². The van der Waals surface area contributed by atoms with Gasteiger partial charge in [0.2, 0.25) is 5.91 Å². The number of halogens is 1. The zero-order valence-electron chi connectivity index (χ0n) is 12.8. The van der Waals surface area contributed by atoms with E-state index in [1.165, 1.54) is 13.3 Å². The Morgan fingerprint density at radius 1 is 1.42 bits per heavy atom. The summed E-state index contributed by atoms with van der Waals surface area (Å²) in [6.07, 6.45) is 1.20. The average Bonchev–Trinajstić information content (AvgIpc) is 2.86. The van der Waals surface area contributed by atoms with Crippen molar-refractivity contribution in [3.63, 3.8) is 0 Å². The normalized spacial score (nSPS) is 18.9. The second kappa shape index (κ2) is 8.15. The van der Waals surface area contributed by atoms with Crippen LogP contribution in [0.3, 0.4) is 0 Å². The predicted octanol–water partition coefficient (Wildman–Crippen LogP) is 1.86. The van der Waals surface area contributed by atoms with Gasteiger partial charge < -0.3 is 19.9 Å². The first kappa shape index (κ1) is 18.3. The van der Waals surface area contributed by atoms with Crippen molar-refractivity contribution >= 4 is 51.0 Å². The second-order valence-electron chi connectivity index (χ2n) is 4.57. The van der Waals surface area contributed by atoms with Crippen LogP contribution in [-0.2, 0) is 9.59 Å². The second-order valence-corrected chi connectivity index (χ2v) is 6.62. The molecule has 1 fully saturated rings. The van der Waals surface area contributed by atoms with E-state index in [1.807, 2.05) is 0 Å². The zero-order valence-corrected chi connectivity index (χ0v) is 15.2. The number of carbonyl (C=O) groups excluding carboxylic acids is 1. The predicted molar refractivity (Wildman–Crippen MR) is 94.0 cm³/mol. The Labute approximate surface area is 150 Å². The monoisotopic (exact) mass is 415 g/mol. The lowest BCUT2D eigenvalue weighted by atomic mass is 10.2. The van der Waals surface area contributed by atoms with Crippen LogP contribution >= 0.6 is 27.7 Å². The summed E-state index contributed by atoms with van der Waals surface area (Å²) in [5.41, 5.74) is 0.658. The van der Waals surface area contributed by atoms with Gasteiger partial charge in [-0.1, -0.05) is 11.8 Å². The molecule has 0 unspecified atom stereocenters. The molecule has 24 heavy (non-hydrogen) atoms. The summed E-state index contributed by atoms with van der Waals surface area (Å²) in [5.74, 6) is -0.266. The first-order chi connectivity index (χ1) is 11.4. The topological polar surface area (TPSA) is 110 Å². The largest absolute Gasteiger partial charge is 0.496 e. The molecule has 0 aromatic heterocycles. The Morgan fingerprint density at radius 3 is 2.75 bits per heavy atom. The minimum atomic E-state index is -1.04. The minimum Gasteiger partial charge on any atom is -0.496 e. The van der Waals surface area contributed by atoms with E-state index in [9.17, 15) is 9.59 Å². The smallest absolute Gasteiger partial charge is 0.305 e. The molecule has 1 aromatic rings. The van der Waals surface area contributed by atoms with E-state index in [0.29, 0.717) is 17.1 Å². The molecule has 2 rings (SSSR count). The number of carboxylic acids is 1. The number of carbonyl (C=O) groups is 2.